The molecule has 27 heavy (non-hydrogen) atoms. The van der Waals surface area contributed by atoms with Gasteiger partial charge in [-0.25, -0.2) is 12.8 Å². The highest BCUT2D eigenvalue weighted by Crippen LogP contribution is 2.22. The molecule has 6 nitrogen and oxygen atoms in total. The zero-order valence-corrected chi connectivity index (χ0v) is 15.8. The Morgan fingerprint density at radius 1 is 1.15 bits per heavy atom. The van der Waals surface area contributed by atoms with Crippen LogP contribution in [0.5, 0.6) is 0 Å². The number of halogens is 2. The monoisotopic (exact) mass is 412 g/mol. The Morgan fingerprint density at radius 2 is 1.78 bits per heavy atom. The van der Waals surface area contributed by atoms with Crippen LogP contribution >= 0.6 is 11.6 Å². The van der Waals surface area contributed by atoms with E-state index in [9.17, 15) is 22.7 Å². The SMILES string of the molecule is O=C(c1ccc(NS(=O)(=O)c2ccc(F)c(Cl)c2)cc1)N1CCC(O)CC1. The number of anilines is 1. The molecule has 1 aliphatic rings. The average molecular weight is 413 g/mol. The van der Waals surface area contributed by atoms with Crippen molar-refractivity contribution in [2.24, 2.45) is 0 Å². The van der Waals surface area contributed by atoms with Gasteiger partial charge in [-0.15, -0.1) is 0 Å². The minimum atomic E-state index is -3.94. The number of piperidine rings is 1. The molecule has 0 aromatic heterocycles. The van der Waals surface area contributed by atoms with E-state index in [2.05, 4.69) is 4.72 Å². The second-order valence-corrected chi connectivity index (χ2v) is 8.37. The molecule has 0 spiro atoms. The largest absolute Gasteiger partial charge is 0.393 e. The first kappa shape index (κ1) is 19.6. The quantitative estimate of drug-likeness (QED) is 0.808. The molecular formula is C18H18ClFN2O4S. The third-order valence-electron chi connectivity index (χ3n) is 4.34. The molecule has 2 N–H and O–H groups in total. The Balaban J connectivity index is 1.71. The zero-order chi connectivity index (χ0) is 19.6. The highest BCUT2D eigenvalue weighted by molar-refractivity contribution is 7.92. The summed E-state index contributed by atoms with van der Waals surface area (Å²) in [5.41, 5.74) is 0.695. The summed E-state index contributed by atoms with van der Waals surface area (Å²) in [6.07, 6.45) is 0.721. The van der Waals surface area contributed by atoms with Crippen molar-refractivity contribution in [3.05, 3.63) is 58.9 Å². The molecule has 0 atom stereocenters. The number of hydrogen-bond acceptors (Lipinski definition) is 4. The van der Waals surface area contributed by atoms with Crippen LogP contribution in [-0.2, 0) is 10.0 Å². The third kappa shape index (κ3) is 4.58. The minimum Gasteiger partial charge on any atom is -0.393 e. The van der Waals surface area contributed by atoms with Gasteiger partial charge in [0, 0.05) is 24.3 Å². The molecular weight excluding hydrogens is 395 g/mol. The van der Waals surface area contributed by atoms with Gasteiger partial charge in [0.2, 0.25) is 0 Å². The Labute approximate surface area is 161 Å². The highest BCUT2D eigenvalue weighted by atomic mass is 35.5. The number of nitrogens with zero attached hydrogens (tertiary/aromatic N) is 1. The number of hydrogen-bond donors (Lipinski definition) is 2. The minimum absolute atomic E-state index is 0.165. The van der Waals surface area contributed by atoms with Crippen LogP contribution in [0.1, 0.15) is 23.2 Å². The van der Waals surface area contributed by atoms with Crippen LogP contribution in [0.25, 0.3) is 0 Å². The number of amides is 1. The van der Waals surface area contributed by atoms with Gasteiger partial charge in [-0.3, -0.25) is 9.52 Å². The Kier molecular flexibility index (Phi) is 5.69. The van der Waals surface area contributed by atoms with Crippen molar-refractivity contribution in [3.8, 4) is 0 Å². The van der Waals surface area contributed by atoms with E-state index in [1.54, 1.807) is 4.90 Å². The zero-order valence-electron chi connectivity index (χ0n) is 14.2. The second-order valence-electron chi connectivity index (χ2n) is 6.28. The standard InChI is InChI=1S/C18H18ClFN2O4S/c19-16-11-15(5-6-17(16)20)27(25,26)21-13-3-1-12(2-4-13)18(24)22-9-7-14(23)8-10-22/h1-6,11,14,21,23H,7-10H2. The summed E-state index contributed by atoms with van der Waals surface area (Å²) in [6.45, 7) is 0.972. The van der Waals surface area contributed by atoms with Gasteiger partial charge in [0.1, 0.15) is 5.82 Å². The van der Waals surface area contributed by atoms with Gasteiger partial charge >= 0.3 is 0 Å². The molecule has 0 unspecified atom stereocenters. The summed E-state index contributed by atoms with van der Waals surface area (Å²) < 4.78 is 40.3. The molecule has 1 heterocycles. The molecule has 0 bridgehead atoms. The molecule has 0 aliphatic carbocycles. The lowest BCUT2D eigenvalue weighted by Crippen LogP contribution is -2.40. The molecule has 1 amide bonds. The molecule has 2 aromatic rings. The van der Waals surface area contributed by atoms with Gasteiger partial charge in [0.15, 0.2) is 0 Å². The first-order valence-corrected chi connectivity index (χ1v) is 10.2. The number of rotatable bonds is 4. The van der Waals surface area contributed by atoms with Gasteiger partial charge in [-0.05, 0) is 55.3 Å². The summed E-state index contributed by atoms with van der Waals surface area (Å²) in [5.74, 6) is -0.870. The summed E-state index contributed by atoms with van der Waals surface area (Å²) in [4.78, 5) is 13.9. The maximum atomic E-state index is 13.2. The smallest absolute Gasteiger partial charge is 0.261 e. The van der Waals surface area contributed by atoms with Gasteiger partial charge in [-0.1, -0.05) is 11.6 Å². The second kappa shape index (κ2) is 7.84. The van der Waals surface area contributed by atoms with Crippen molar-refractivity contribution in [2.45, 2.75) is 23.8 Å². The Hall–Kier alpha value is -2.16. The van der Waals surface area contributed by atoms with Crippen molar-refractivity contribution in [3.63, 3.8) is 0 Å². The fourth-order valence-electron chi connectivity index (χ4n) is 2.79. The predicted octanol–water partition coefficient (Wildman–Crippen LogP) is 2.88. The predicted molar refractivity (Wildman–Crippen MR) is 99.8 cm³/mol. The number of sulfonamides is 1. The molecule has 2 aromatic carbocycles. The molecule has 0 radical (unpaired) electrons. The van der Waals surface area contributed by atoms with Gasteiger partial charge < -0.3 is 10.0 Å². The van der Waals surface area contributed by atoms with E-state index in [0.29, 0.717) is 31.5 Å². The Morgan fingerprint density at radius 3 is 2.37 bits per heavy atom. The highest BCUT2D eigenvalue weighted by Gasteiger charge is 2.22. The summed E-state index contributed by atoms with van der Waals surface area (Å²) in [6, 6.07) is 9.15. The molecule has 9 heteroatoms. The number of aliphatic hydroxyl groups is 1. The summed E-state index contributed by atoms with van der Waals surface area (Å²) in [5, 5.41) is 9.23. The van der Waals surface area contributed by atoms with Crippen LogP contribution in [-0.4, -0.2) is 43.5 Å². The van der Waals surface area contributed by atoms with E-state index < -0.39 is 15.8 Å². The number of aliphatic hydroxyl groups excluding tert-OH is 1. The molecule has 1 aliphatic heterocycles. The number of benzene rings is 2. The lowest BCUT2D eigenvalue weighted by molar-refractivity contribution is 0.0546. The fraction of sp³-hybridized carbons (Fsp3) is 0.278. The lowest BCUT2D eigenvalue weighted by atomic mass is 10.1. The van der Waals surface area contributed by atoms with E-state index in [1.807, 2.05) is 0 Å². The van der Waals surface area contributed by atoms with Crippen molar-refractivity contribution in [2.75, 3.05) is 17.8 Å². The first-order chi connectivity index (χ1) is 12.8. The maximum absolute atomic E-state index is 13.2. The van der Waals surface area contributed by atoms with Crippen LogP contribution in [0.4, 0.5) is 10.1 Å². The van der Waals surface area contributed by atoms with Crippen LogP contribution in [0.2, 0.25) is 5.02 Å². The molecule has 0 saturated carbocycles. The molecule has 1 saturated heterocycles. The normalized spacial score (nSPS) is 15.6. The van der Waals surface area contributed by atoms with Crippen LogP contribution < -0.4 is 4.72 Å². The molecule has 1 fully saturated rings. The van der Waals surface area contributed by atoms with Gasteiger partial charge in [0.05, 0.1) is 16.0 Å². The number of carbonyl (C=O) groups is 1. The summed E-state index contributed by atoms with van der Waals surface area (Å²) in [7, 11) is -3.94. The number of carbonyl (C=O) groups excluding carboxylic acids is 1. The fourth-order valence-corrected chi connectivity index (χ4v) is 4.12. The van der Waals surface area contributed by atoms with Crippen molar-refractivity contribution in [1.82, 2.24) is 4.90 Å². The summed E-state index contributed by atoms with van der Waals surface area (Å²) >= 11 is 5.64. The van der Waals surface area contributed by atoms with E-state index in [0.717, 1.165) is 18.2 Å². The lowest BCUT2D eigenvalue weighted by Gasteiger charge is -2.29. The number of likely N-dealkylation sites (tertiary alicyclic amines) is 1. The van der Waals surface area contributed by atoms with Crippen molar-refractivity contribution >= 4 is 33.2 Å². The molecule has 3 rings (SSSR count). The third-order valence-corrected chi connectivity index (χ3v) is 6.01. The van der Waals surface area contributed by atoms with Crippen LogP contribution in [0.15, 0.2) is 47.4 Å². The van der Waals surface area contributed by atoms with E-state index in [1.165, 1.54) is 24.3 Å². The average Bonchev–Trinajstić information content (AvgIpc) is 2.64. The Bertz CT molecular complexity index is 942. The topological polar surface area (TPSA) is 86.7 Å². The first-order valence-electron chi connectivity index (χ1n) is 8.31. The van der Waals surface area contributed by atoms with Crippen LogP contribution in [0, 0.1) is 5.82 Å². The van der Waals surface area contributed by atoms with E-state index in [-0.39, 0.29) is 27.6 Å². The van der Waals surface area contributed by atoms with Crippen LogP contribution in [0.3, 0.4) is 0 Å². The van der Waals surface area contributed by atoms with Gasteiger partial charge in [0.25, 0.3) is 15.9 Å². The van der Waals surface area contributed by atoms with Crippen molar-refractivity contribution in [1.29, 1.82) is 0 Å². The van der Waals surface area contributed by atoms with E-state index in [4.69, 9.17) is 11.6 Å². The van der Waals surface area contributed by atoms with Crippen molar-refractivity contribution < 1.29 is 22.7 Å². The number of nitrogens with one attached hydrogen (secondary N) is 1. The van der Waals surface area contributed by atoms with Gasteiger partial charge in [-0.2, -0.15) is 0 Å². The maximum Gasteiger partial charge on any atom is 0.261 e. The van der Waals surface area contributed by atoms with E-state index >= 15 is 0 Å². The molecule has 144 valence electrons.